The van der Waals surface area contributed by atoms with Gasteiger partial charge in [-0.1, -0.05) is 0 Å². The first-order valence-electron chi connectivity index (χ1n) is 8.43. The van der Waals surface area contributed by atoms with Gasteiger partial charge < -0.3 is 39.7 Å². The van der Waals surface area contributed by atoms with E-state index >= 15 is 0 Å². The molecule has 0 aliphatic carbocycles. The van der Waals surface area contributed by atoms with E-state index in [1.807, 2.05) is 0 Å². The Kier molecular flexibility index (Phi) is 7.00. The van der Waals surface area contributed by atoms with Crippen molar-refractivity contribution in [3.8, 4) is 0 Å². The Labute approximate surface area is 176 Å². The molecule has 0 aromatic carbocycles. The number of rotatable bonds is 8. The van der Waals surface area contributed by atoms with Crippen LogP contribution in [-0.2, 0) is 31.6 Å². The number of aliphatic hydroxyl groups is 1. The fourth-order valence-electron chi connectivity index (χ4n) is 2.90. The quantitative estimate of drug-likeness (QED) is 0.226. The molecule has 0 bridgehead atoms. The lowest BCUT2D eigenvalue weighted by molar-refractivity contribution is -0.0472. The standard InChI is InChI=1S/C11H19BN5O11P3/c1-16-4-15-10-8(9(16)13)14-5-17(10)11-7(18)2-6(26-11)3-25-29(12,19)27-31(23,24)28-30(20,21)22/h4-7,9,11,18H,2-3,13H2,1H3,(H,23,24)(H2,20,21,22). The lowest BCUT2D eigenvalue weighted by Gasteiger charge is -2.26. The Hall–Kier alpha value is -0.925. The van der Waals surface area contributed by atoms with E-state index < -0.39 is 54.3 Å². The third kappa shape index (κ3) is 6.11. The van der Waals surface area contributed by atoms with Crippen LogP contribution in [0.3, 0.4) is 0 Å². The van der Waals surface area contributed by atoms with Crippen molar-refractivity contribution in [3.05, 3.63) is 12.0 Å². The highest BCUT2D eigenvalue weighted by Gasteiger charge is 2.41. The van der Waals surface area contributed by atoms with Crippen LogP contribution < -0.4 is 5.73 Å². The van der Waals surface area contributed by atoms with E-state index in [2.05, 4.69) is 18.6 Å². The van der Waals surface area contributed by atoms with Crippen molar-refractivity contribution in [2.45, 2.75) is 31.0 Å². The zero-order chi connectivity index (χ0) is 23.2. The molecule has 6 unspecified atom stereocenters. The van der Waals surface area contributed by atoms with E-state index in [9.17, 15) is 23.7 Å². The van der Waals surface area contributed by atoms with Gasteiger partial charge in [0.15, 0.2) is 12.0 Å². The molecular weight excluding hydrogens is 482 g/mol. The summed E-state index contributed by atoms with van der Waals surface area (Å²) < 4.78 is 53.5. The van der Waals surface area contributed by atoms with Crippen molar-refractivity contribution in [3.63, 3.8) is 0 Å². The average molecular weight is 501 g/mol. The second kappa shape index (κ2) is 8.78. The monoisotopic (exact) mass is 501 g/mol. The second-order valence-corrected chi connectivity index (χ2v) is 11.2. The van der Waals surface area contributed by atoms with Crippen LogP contribution in [0, 0.1) is 0 Å². The topological polar surface area (TPSA) is 228 Å². The molecule has 16 nitrogen and oxygen atoms in total. The van der Waals surface area contributed by atoms with E-state index in [4.69, 9.17) is 32.3 Å². The summed E-state index contributed by atoms with van der Waals surface area (Å²) in [6.45, 7) is -0.556. The number of phosphoric acid groups is 2. The zero-order valence-electron chi connectivity index (χ0n) is 15.8. The van der Waals surface area contributed by atoms with Crippen LogP contribution in [0.2, 0.25) is 0 Å². The van der Waals surface area contributed by atoms with Gasteiger partial charge in [0, 0.05) is 13.5 Å². The summed E-state index contributed by atoms with van der Waals surface area (Å²) in [5.74, 6) is 0.375. The smallest absolute Gasteiger partial charge is 0.388 e. The van der Waals surface area contributed by atoms with Crippen LogP contribution in [0.1, 0.15) is 24.5 Å². The highest BCUT2D eigenvalue weighted by molar-refractivity contribution is 7.84. The first-order chi connectivity index (χ1) is 14.2. The second-order valence-electron chi connectivity index (χ2n) is 6.63. The highest BCUT2D eigenvalue weighted by atomic mass is 31.3. The SMILES string of the molecule is [B]P(=O)(OCC1CC(O)C(n2cnc3c2N=CN(C)C3N)O1)OP(=O)(O)OP(=O)(O)O. The number of nitrogens with two attached hydrogens (primary N) is 1. The molecule has 3 rings (SSSR count). The van der Waals surface area contributed by atoms with E-state index in [1.54, 1.807) is 11.9 Å². The maximum absolute atomic E-state index is 12.0. The third-order valence-electron chi connectivity index (χ3n) is 4.18. The van der Waals surface area contributed by atoms with Gasteiger partial charge in [-0.25, -0.2) is 23.4 Å². The summed E-state index contributed by atoms with van der Waals surface area (Å²) in [5, 5.41) is 10.3. The number of aliphatic imine (C=N–C) groups is 1. The van der Waals surface area contributed by atoms with Crippen molar-refractivity contribution in [1.29, 1.82) is 0 Å². The Morgan fingerprint density at radius 2 is 2.00 bits per heavy atom. The zero-order valence-corrected chi connectivity index (χ0v) is 18.5. The van der Waals surface area contributed by atoms with Gasteiger partial charge in [0.25, 0.3) is 7.47 Å². The number of fused-ring (bicyclic) bond motifs is 1. The van der Waals surface area contributed by atoms with Gasteiger partial charge in [0.1, 0.15) is 18.0 Å². The summed E-state index contributed by atoms with van der Waals surface area (Å²) in [5.41, 5.74) is 6.48. The fraction of sp³-hybridized carbons (Fsp3) is 0.636. The molecule has 31 heavy (non-hydrogen) atoms. The molecule has 20 heteroatoms. The molecule has 1 fully saturated rings. The van der Waals surface area contributed by atoms with Crippen molar-refractivity contribution in [1.82, 2.24) is 14.5 Å². The lowest BCUT2D eigenvalue weighted by atomic mass is 10.2. The van der Waals surface area contributed by atoms with Crippen LogP contribution in [0.25, 0.3) is 0 Å². The summed E-state index contributed by atoms with van der Waals surface area (Å²) in [6, 6.07) is 0. The van der Waals surface area contributed by atoms with Gasteiger partial charge in [0.2, 0.25) is 7.57 Å². The van der Waals surface area contributed by atoms with Crippen LogP contribution >= 0.6 is 23.1 Å². The van der Waals surface area contributed by atoms with Gasteiger partial charge >= 0.3 is 15.6 Å². The molecule has 3 heterocycles. The number of ether oxygens (including phenoxy) is 1. The van der Waals surface area contributed by atoms with Crippen molar-refractivity contribution < 1.29 is 51.4 Å². The molecule has 6 atom stereocenters. The first kappa shape index (κ1) is 24.7. The molecule has 1 aromatic rings. The van der Waals surface area contributed by atoms with E-state index in [0.29, 0.717) is 11.5 Å². The van der Waals surface area contributed by atoms with Crippen molar-refractivity contribution in [2.75, 3.05) is 13.7 Å². The highest BCUT2D eigenvalue weighted by Crippen LogP contribution is 2.66. The Morgan fingerprint density at radius 3 is 2.65 bits per heavy atom. The minimum Gasteiger partial charge on any atom is -0.388 e. The molecule has 0 amide bonds. The van der Waals surface area contributed by atoms with E-state index in [0.717, 1.165) is 0 Å². The number of aromatic nitrogens is 2. The average Bonchev–Trinajstić information content (AvgIpc) is 3.16. The molecule has 1 aromatic heterocycles. The predicted octanol–water partition coefficient (Wildman–Crippen LogP) is -0.386. The van der Waals surface area contributed by atoms with Crippen LogP contribution in [0.5, 0.6) is 0 Å². The number of hydrogen-bond acceptors (Lipinski definition) is 12. The Morgan fingerprint density at radius 1 is 1.32 bits per heavy atom. The number of imidazole rings is 1. The minimum absolute atomic E-state index is 0.0109. The predicted molar refractivity (Wildman–Crippen MR) is 103 cm³/mol. The molecule has 172 valence electrons. The minimum atomic E-state index is -5.50. The molecule has 2 radical (unpaired) electrons. The summed E-state index contributed by atoms with van der Waals surface area (Å²) in [7, 11) is -8.85. The maximum Gasteiger partial charge on any atom is 0.487 e. The molecule has 1 saturated heterocycles. The van der Waals surface area contributed by atoms with Crippen molar-refractivity contribution in [2.24, 2.45) is 10.7 Å². The van der Waals surface area contributed by atoms with Gasteiger partial charge in [0.05, 0.1) is 25.4 Å². The van der Waals surface area contributed by atoms with E-state index in [1.165, 1.54) is 17.2 Å². The largest absolute Gasteiger partial charge is 0.487 e. The number of hydrogen-bond donors (Lipinski definition) is 5. The van der Waals surface area contributed by atoms with E-state index in [-0.39, 0.29) is 6.42 Å². The molecule has 0 spiro atoms. The van der Waals surface area contributed by atoms with Crippen LogP contribution in [0.4, 0.5) is 5.82 Å². The normalized spacial score (nSPS) is 30.1. The number of aliphatic hydroxyl groups excluding tert-OH is 1. The number of nitrogens with zero attached hydrogens (tertiary/aromatic N) is 4. The molecule has 6 N–H and O–H groups in total. The summed E-state index contributed by atoms with van der Waals surface area (Å²) >= 11 is 0. The van der Waals surface area contributed by atoms with Crippen LogP contribution in [-0.4, -0.2) is 74.0 Å². The van der Waals surface area contributed by atoms with Gasteiger partial charge in [-0.05, 0) is 0 Å². The first-order valence-corrected chi connectivity index (χ1v) is 13.1. The van der Waals surface area contributed by atoms with Gasteiger partial charge in [-0.2, -0.15) is 4.31 Å². The third-order valence-corrected chi connectivity index (χ3v) is 8.10. The Balaban J connectivity index is 1.62. The summed E-state index contributed by atoms with van der Waals surface area (Å²) in [4.78, 5) is 36.4. The maximum atomic E-state index is 12.0. The van der Waals surface area contributed by atoms with Crippen LogP contribution in [0.15, 0.2) is 11.3 Å². The van der Waals surface area contributed by atoms with Gasteiger partial charge in [-0.15, -0.1) is 0 Å². The van der Waals surface area contributed by atoms with Gasteiger partial charge in [-0.3, -0.25) is 9.13 Å². The molecule has 2 aliphatic rings. The van der Waals surface area contributed by atoms with Crippen molar-refractivity contribution >= 4 is 42.8 Å². The lowest BCUT2D eigenvalue weighted by Crippen LogP contribution is -2.32. The summed E-state index contributed by atoms with van der Waals surface area (Å²) in [6.07, 6.45) is -0.572. The molecule has 2 aliphatic heterocycles. The Bertz CT molecular complexity index is 1000. The molecule has 0 saturated carbocycles. The fourth-order valence-corrected chi connectivity index (χ4v) is 6.07. The molecular formula is C11H19BN5O11P3.